The van der Waals surface area contributed by atoms with E-state index in [1.165, 1.54) is 37.7 Å². The average molecular weight is 486 g/mol. The van der Waals surface area contributed by atoms with Crippen LogP contribution >= 0.6 is 0 Å². The van der Waals surface area contributed by atoms with Crippen molar-refractivity contribution >= 4 is 22.1 Å². The molecule has 6 aromatic rings. The molecular formula is C30H27N7. The molecule has 0 spiro atoms. The number of nitrogens with one attached hydrogen (secondary N) is 2. The molecule has 1 fully saturated rings. The molecule has 2 N–H and O–H groups in total. The van der Waals surface area contributed by atoms with E-state index in [1.54, 1.807) is 18.6 Å². The van der Waals surface area contributed by atoms with Crippen LogP contribution in [0.4, 0.5) is 0 Å². The average Bonchev–Trinajstić information content (AvgIpc) is 3.58. The highest BCUT2D eigenvalue weighted by molar-refractivity contribution is 5.97. The predicted octanol–water partition coefficient (Wildman–Crippen LogP) is 6.75. The van der Waals surface area contributed by atoms with Crippen molar-refractivity contribution in [3.63, 3.8) is 0 Å². The summed E-state index contributed by atoms with van der Waals surface area (Å²) in [6.07, 6.45) is 17.3. The lowest BCUT2D eigenvalue weighted by Gasteiger charge is -2.21. The second kappa shape index (κ2) is 9.24. The molecule has 1 aromatic carbocycles. The molecule has 5 aromatic heterocycles. The third-order valence-corrected chi connectivity index (χ3v) is 7.55. The van der Waals surface area contributed by atoms with Crippen LogP contribution in [0.1, 0.15) is 37.7 Å². The molecule has 0 aliphatic heterocycles. The molecule has 37 heavy (non-hydrogen) atoms. The molecule has 7 rings (SSSR count). The van der Waals surface area contributed by atoms with Gasteiger partial charge in [0.25, 0.3) is 0 Å². The molecule has 1 aliphatic rings. The monoisotopic (exact) mass is 485 g/mol. The fraction of sp³-hybridized carbons (Fsp3) is 0.233. The zero-order valence-corrected chi connectivity index (χ0v) is 20.5. The SMILES string of the molecule is c1cc(-c2ccnc3nc(-c4n[nH]c5ccc(-c6cncc(CC7CCCCC7)c6)cc45)[nH]c23)ccn1. The van der Waals surface area contributed by atoms with Crippen LogP contribution in [0, 0.1) is 5.92 Å². The van der Waals surface area contributed by atoms with Crippen LogP contribution in [0.5, 0.6) is 0 Å². The number of imidazole rings is 1. The van der Waals surface area contributed by atoms with Crippen molar-refractivity contribution in [1.82, 2.24) is 35.1 Å². The van der Waals surface area contributed by atoms with Crippen molar-refractivity contribution in [2.45, 2.75) is 38.5 Å². The van der Waals surface area contributed by atoms with Crippen molar-refractivity contribution in [3.05, 3.63) is 79.0 Å². The van der Waals surface area contributed by atoms with Gasteiger partial charge in [-0.2, -0.15) is 5.10 Å². The first-order valence-corrected chi connectivity index (χ1v) is 13.0. The van der Waals surface area contributed by atoms with E-state index >= 15 is 0 Å². The van der Waals surface area contributed by atoms with Gasteiger partial charge in [-0.05, 0) is 65.4 Å². The Bertz CT molecular complexity index is 1690. The van der Waals surface area contributed by atoms with E-state index in [9.17, 15) is 0 Å². The topological polar surface area (TPSA) is 96.0 Å². The highest BCUT2D eigenvalue weighted by atomic mass is 15.1. The largest absolute Gasteiger partial charge is 0.335 e. The third kappa shape index (κ3) is 4.16. The second-order valence-corrected chi connectivity index (χ2v) is 10.0. The smallest absolute Gasteiger partial charge is 0.178 e. The molecule has 0 radical (unpaired) electrons. The Morgan fingerprint density at radius 1 is 0.811 bits per heavy atom. The molecule has 0 amide bonds. The van der Waals surface area contributed by atoms with Crippen LogP contribution in [-0.4, -0.2) is 35.1 Å². The Labute approximate surface area is 214 Å². The lowest BCUT2D eigenvalue weighted by atomic mass is 9.85. The summed E-state index contributed by atoms with van der Waals surface area (Å²) in [5, 5.41) is 8.80. The summed E-state index contributed by atoms with van der Waals surface area (Å²) >= 11 is 0. The highest BCUT2D eigenvalue weighted by Gasteiger charge is 2.17. The first-order valence-electron chi connectivity index (χ1n) is 13.0. The number of nitrogens with zero attached hydrogens (tertiary/aromatic N) is 5. The zero-order valence-electron chi connectivity index (χ0n) is 20.5. The maximum Gasteiger partial charge on any atom is 0.178 e. The summed E-state index contributed by atoms with van der Waals surface area (Å²) in [6.45, 7) is 0. The van der Waals surface area contributed by atoms with Crippen molar-refractivity contribution in [2.24, 2.45) is 5.92 Å². The van der Waals surface area contributed by atoms with Crippen molar-refractivity contribution < 1.29 is 0 Å². The van der Waals surface area contributed by atoms with Gasteiger partial charge in [0.05, 0.1) is 11.0 Å². The molecule has 0 unspecified atom stereocenters. The summed E-state index contributed by atoms with van der Waals surface area (Å²) in [5.41, 5.74) is 8.97. The molecule has 1 saturated carbocycles. The van der Waals surface area contributed by atoms with Gasteiger partial charge in [-0.1, -0.05) is 38.2 Å². The lowest BCUT2D eigenvalue weighted by Crippen LogP contribution is -2.09. The Hall–Kier alpha value is -4.39. The van der Waals surface area contributed by atoms with Gasteiger partial charge in [-0.3, -0.25) is 15.1 Å². The molecule has 0 saturated heterocycles. The van der Waals surface area contributed by atoms with E-state index < -0.39 is 0 Å². The standard InChI is InChI=1S/C30H27N7/c1-2-4-19(5-3-1)14-20-15-23(18-32-17-20)22-6-7-26-25(16-22)28(37-36-26)30-34-27-24(10-13-33-29(27)35-30)21-8-11-31-12-9-21/h6-13,15-19H,1-5,14H2,(H,36,37)(H,33,34,35). The Kier molecular flexibility index (Phi) is 5.46. The van der Waals surface area contributed by atoms with E-state index in [0.29, 0.717) is 11.5 Å². The number of rotatable bonds is 5. The van der Waals surface area contributed by atoms with E-state index in [-0.39, 0.29) is 0 Å². The first-order chi connectivity index (χ1) is 18.3. The molecule has 5 heterocycles. The molecule has 0 bridgehead atoms. The van der Waals surface area contributed by atoms with Crippen LogP contribution in [-0.2, 0) is 6.42 Å². The minimum absolute atomic E-state index is 0.663. The number of hydrogen-bond acceptors (Lipinski definition) is 5. The molecule has 7 heteroatoms. The van der Waals surface area contributed by atoms with E-state index in [1.807, 2.05) is 30.6 Å². The summed E-state index contributed by atoms with van der Waals surface area (Å²) < 4.78 is 0. The number of pyridine rings is 3. The summed E-state index contributed by atoms with van der Waals surface area (Å²) in [5.74, 6) is 1.48. The molecular weight excluding hydrogens is 458 g/mol. The van der Waals surface area contributed by atoms with Gasteiger partial charge in [0.2, 0.25) is 0 Å². The number of hydrogen-bond donors (Lipinski definition) is 2. The van der Waals surface area contributed by atoms with E-state index in [0.717, 1.165) is 56.7 Å². The molecule has 0 atom stereocenters. The number of fused-ring (bicyclic) bond motifs is 2. The maximum absolute atomic E-state index is 4.80. The Morgan fingerprint density at radius 3 is 2.59 bits per heavy atom. The number of benzene rings is 1. The van der Waals surface area contributed by atoms with Gasteiger partial charge in [-0.15, -0.1) is 0 Å². The van der Waals surface area contributed by atoms with Crippen LogP contribution in [0.25, 0.3) is 55.8 Å². The minimum atomic E-state index is 0.663. The minimum Gasteiger partial charge on any atom is -0.335 e. The quantitative estimate of drug-likeness (QED) is 0.282. The van der Waals surface area contributed by atoms with Crippen molar-refractivity contribution in [2.75, 3.05) is 0 Å². The lowest BCUT2D eigenvalue weighted by molar-refractivity contribution is 0.356. The number of H-pyrrole nitrogens is 2. The second-order valence-electron chi connectivity index (χ2n) is 10.0. The molecule has 1 aliphatic carbocycles. The van der Waals surface area contributed by atoms with Crippen LogP contribution in [0.2, 0.25) is 0 Å². The summed E-state index contributed by atoms with van der Waals surface area (Å²) in [7, 11) is 0. The van der Waals surface area contributed by atoms with Gasteiger partial charge < -0.3 is 4.98 Å². The Balaban J connectivity index is 1.26. The van der Waals surface area contributed by atoms with Gasteiger partial charge in [0.1, 0.15) is 5.69 Å². The number of aromatic nitrogens is 7. The van der Waals surface area contributed by atoms with Gasteiger partial charge in [-0.25, -0.2) is 9.97 Å². The summed E-state index contributed by atoms with van der Waals surface area (Å²) in [6, 6.07) is 14.7. The highest BCUT2D eigenvalue weighted by Crippen LogP contribution is 2.33. The molecule has 7 nitrogen and oxygen atoms in total. The maximum atomic E-state index is 4.80. The summed E-state index contributed by atoms with van der Waals surface area (Å²) in [4.78, 5) is 21.5. The predicted molar refractivity (Wildman–Crippen MR) is 146 cm³/mol. The third-order valence-electron chi connectivity index (χ3n) is 7.55. The molecule has 182 valence electrons. The van der Waals surface area contributed by atoms with Crippen LogP contribution in [0.3, 0.4) is 0 Å². The number of aromatic amines is 2. The Morgan fingerprint density at radius 2 is 1.70 bits per heavy atom. The van der Waals surface area contributed by atoms with Crippen LogP contribution < -0.4 is 0 Å². The first kappa shape index (κ1) is 21.9. The fourth-order valence-corrected chi connectivity index (χ4v) is 5.65. The van der Waals surface area contributed by atoms with Crippen LogP contribution in [0.15, 0.2) is 73.4 Å². The van der Waals surface area contributed by atoms with Gasteiger partial charge in [0, 0.05) is 47.5 Å². The van der Waals surface area contributed by atoms with E-state index in [2.05, 4.69) is 54.4 Å². The zero-order chi connectivity index (χ0) is 24.6. The fourth-order valence-electron chi connectivity index (χ4n) is 5.65. The van der Waals surface area contributed by atoms with Gasteiger partial charge in [0.15, 0.2) is 11.5 Å². The van der Waals surface area contributed by atoms with E-state index in [4.69, 9.17) is 4.98 Å². The van der Waals surface area contributed by atoms with Gasteiger partial charge >= 0.3 is 0 Å². The van der Waals surface area contributed by atoms with Crippen molar-refractivity contribution in [1.29, 1.82) is 0 Å². The van der Waals surface area contributed by atoms with Crippen molar-refractivity contribution in [3.8, 4) is 33.8 Å². The normalized spacial score (nSPS) is 14.5.